The summed E-state index contributed by atoms with van der Waals surface area (Å²) in [7, 11) is -0.126. The van der Waals surface area contributed by atoms with E-state index < -0.39 is 0 Å². The van der Waals surface area contributed by atoms with Crippen LogP contribution in [0.2, 0.25) is 0 Å². The second-order valence-electron chi connectivity index (χ2n) is 5.40. The van der Waals surface area contributed by atoms with Gasteiger partial charge in [0.25, 0.3) is 0 Å². The van der Waals surface area contributed by atoms with Crippen LogP contribution in [-0.4, -0.2) is 16.3 Å². The van der Waals surface area contributed by atoms with Gasteiger partial charge in [-0.2, -0.15) is 0 Å². The van der Waals surface area contributed by atoms with Gasteiger partial charge in [0, 0.05) is 15.9 Å². The Morgan fingerprint density at radius 3 is 1.69 bits per heavy atom. The fourth-order valence-electron chi connectivity index (χ4n) is 0.439. The van der Waals surface area contributed by atoms with Crippen LogP contribution in [-0.2, 0) is 0 Å². The molecule has 0 aliphatic carbocycles. The van der Waals surface area contributed by atoms with Crippen LogP contribution in [0.4, 0.5) is 0 Å². The van der Waals surface area contributed by atoms with Crippen molar-refractivity contribution in [2.24, 2.45) is 9.81 Å². The van der Waals surface area contributed by atoms with E-state index in [2.05, 4.69) is 58.7 Å². The second-order valence-corrected chi connectivity index (χ2v) is 7.54. The Bertz CT molecular complexity index is 225. The van der Waals surface area contributed by atoms with Gasteiger partial charge in [-0.1, -0.05) is 37.3 Å². The highest BCUT2D eigenvalue weighted by Gasteiger charge is 2.18. The van der Waals surface area contributed by atoms with Crippen LogP contribution in [0.5, 0.6) is 0 Å². The van der Waals surface area contributed by atoms with Crippen molar-refractivity contribution in [1.29, 1.82) is 0 Å². The topological polar surface area (TPSA) is 12.4 Å². The van der Waals surface area contributed by atoms with E-state index in [-0.39, 0.29) is 20.8 Å². The SMILES string of the molecule is C=S(N=C(C)C(C)(C)C)C(C)(C)C. The first-order chi connectivity index (χ1) is 5.55. The summed E-state index contributed by atoms with van der Waals surface area (Å²) >= 11 is 0. The fraction of sp³-hybridized carbons (Fsp3) is 0.818. The summed E-state index contributed by atoms with van der Waals surface area (Å²) in [5, 5.41) is 0. The molecule has 1 atom stereocenters. The maximum Gasteiger partial charge on any atom is 0.0278 e. The van der Waals surface area contributed by atoms with Gasteiger partial charge in [-0.25, -0.2) is 4.40 Å². The molecule has 78 valence electrons. The summed E-state index contributed by atoms with van der Waals surface area (Å²) in [6, 6.07) is 0. The normalized spacial score (nSPS) is 17.3. The highest BCUT2D eigenvalue weighted by atomic mass is 32.2. The molecule has 1 nitrogen and oxygen atoms in total. The third-order valence-corrected chi connectivity index (χ3v) is 3.95. The molecule has 0 bridgehead atoms. The summed E-state index contributed by atoms with van der Waals surface area (Å²) in [5.41, 5.74) is 1.37. The predicted octanol–water partition coefficient (Wildman–Crippen LogP) is 3.91. The molecule has 2 heteroatoms. The Morgan fingerprint density at radius 1 is 1.08 bits per heavy atom. The molecule has 0 N–H and O–H groups in total. The molecule has 0 spiro atoms. The highest BCUT2D eigenvalue weighted by molar-refractivity contribution is 8.14. The number of hydrogen-bond acceptors (Lipinski definition) is 1. The van der Waals surface area contributed by atoms with Crippen molar-refractivity contribution >= 4 is 22.3 Å². The summed E-state index contributed by atoms with van der Waals surface area (Å²) in [6.07, 6.45) is 0. The van der Waals surface area contributed by atoms with E-state index in [9.17, 15) is 0 Å². The van der Waals surface area contributed by atoms with Gasteiger partial charge in [0.2, 0.25) is 0 Å². The lowest BCUT2D eigenvalue weighted by molar-refractivity contribution is 0.589. The van der Waals surface area contributed by atoms with Crippen LogP contribution < -0.4 is 0 Å². The predicted molar refractivity (Wildman–Crippen MR) is 67.0 cm³/mol. The quantitative estimate of drug-likeness (QED) is 0.450. The highest BCUT2D eigenvalue weighted by Crippen LogP contribution is 2.32. The van der Waals surface area contributed by atoms with E-state index in [4.69, 9.17) is 0 Å². The largest absolute Gasteiger partial charge is 0.233 e. The van der Waals surface area contributed by atoms with Gasteiger partial charge < -0.3 is 0 Å². The lowest BCUT2D eigenvalue weighted by atomic mass is 9.91. The van der Waals surface area contributed by atoms with Crippen molar-refractivity contribution in [1.82, 2.24) is 0 Å². The van der Waals surface area contributed by atoms with Gasteiger partial charge >= 0.3 is 0 Å². The molecule has 0 rings (SSSR count). The molecule has 0 aromatic heterocycles. The molecular formula is C11H23NS. The number of hydrogen-bond donors (Lipinski definition) is 0. The molecule has 0 radical (unpaired) electrons. The lowest BCUT2D eigenvalue weighted by Gasteiger charge is -2.24. The van der Waals surface area contributed by atoms with Crippen molar-refractivity contribution < 1.29 is 0 Å². The fourth-order valence-corrected chi connectivity index (χ4v) is 1.32. The van der Waals surface area contributed by atoms with Crippen molar-refractivity contribution in [3.63, 3.8) is 0 Å². The van der Waals surface area contributed by atoms with E-state index in [0.29, 0.717) is 0 Å². The molecule has 0 aromatic rings. The van der Waals surface area contributed by atoms with Crippen LogP contribution in [0.25, 0.3) is 0 Å². The zero-order valence-corrected chi connectivity index (χ0v) is 10.9. The molecule has 0 amide bonds. The molecule has 13 heavy (non-hydrogen) atoms. The van der Waals surface area contributed by atoms with Crippen molar-refractivity contribution in [2.75, 3.05) is 0 Å². The smallest absolute Gasteiger partial charge is 0.0278 e. The minimum absolute atomic E-state index is 0.126. The maximum absolute atomic E-state index is 4.65. The van der Waals surface area contributed by atoms with Crippen LogP contribution in [0.1, 0.15) is 48.5 Å². The Morgan fingerprint density at radius 2 is 1.46 bits per heavy atom. The monoisotopic (exact) mass is 201 g/mol. The van der Waals surface area contributed by atoms with Crippen LogP contribution in [0.3, 0.4) is 0 Å². The van der Waals surface area contributed by atoms with Gasteiger partial charge in [-0.15, -0.1) is 0 Å². The Hall–Kier alpha value is -0.110. The van der Waals surface area contributed by atoms with E-state index in [1.54, 1.807) is 0 Å². The molecule has 0 fully saturated rings. The third-order valence-electron chi connectivity index (χ3n) is 2.04. The third kappa shape index (κ3) is 4.61. The van der Waals surface area contributed by atoms with Crippen LogP contribution in [0, 0.1) is 5.41 Å². The Balaban J connectivity index is 4.70. The van der Waals surface area contributed by atoms with Crippen LogP contribution in [0.15, 0.2) is 4.40 Å². The van der Waals surface area contributed by atoms with E-state index in [1.807, 2.05) is 0 Å². The van der Waals surface area contributed by atoms with E-state index in [1.165, 1.54) is 5.71 Å². The number of nitrogens with zero attached hydrogens (tertiary/aromatic N) is 1. The van der Waals surface area contributed by atoms with Gasteiger partial charge in [-0.3, -0.25) is 0 Å². The lowest BCUT2D eigenvalue weighted by Crippen LogP contribution is -2.18. The zero-order chi connectivity index (χ0) is 10.9. The summed E-state index contributed by atoms with van der Waals surface area (Å²) in [5.74, 6) is 4.10. The van der Waals surface area contributed by atoms with Crippen LogP contribution >= 0.6 is 10.7 Å². The van der Waals surface area contributed by atoms with Crippen molar-refractivity contribution in [2.45, 2.75) is 53.2 Å². The molecule has 1 unspecified atom stereocenters. The van der Waals surface area contributed by atoms with Gasteiger partial charge in [0.1, 0.15) is 0 Å². The van der Waals surface area contributed by atoms with E-state index in [0.717, 1.165) is 0 Å². The molecule has 0 aromatic carbocycles. The molecule has 0 heterocycles. The van der Waals surface area contributed by atoms with Crippen molar-refractivity contribution in [3.8, 4) is 0 Å². The second kappa shape index (κ2) is 3.95. The molecule has 0 aliphatic rings. The molecule has 0 aliphatic heterocycles. The molecular weight excluding hydrogens is 178 g/mol. The zero-order valence-electron chi connectivity index (χ0n) is 10.1. The Kier molecular flexibility index (Phi) is 3.92. The summed E-state index contributed by atoms with van der Waals surface area (Å²) in [4.78, 5) is 0. The maximum atomic E-state index is 4.65. The first-order valence-corrected chi connectivity index (χ1v) is 6.00. The minimum Gasteiger partial charge on any atom is -0.233 e. The molecule has 0 saturated heterocycles. The minimum atomic E-state index is -0.126. The first-order valence-electron chi connectivity index (χ1n) is 4.65. The van der Waals surface area contributed by atoms with E-state index >= 15 is 0 Å². The first kappa shape index (κ1) is 12.9. The van der Waals surface area contributed by atoms with Crippen molar-refractivity contribution in [3.05, 3.63) is 0 Å². The standard InChI is InChI=1S/C11H23NS/c1-9(10(2,3)4)12-13(8)11(5,6)7/h8H2,1-7H3. The molecule has 0 saturated carbocycles. The average molecular weight is 201 g/mol. The summed E-state index contributed by atoms with van der Waals surface area (Å²) in [6.45, 7) is 15.2. The number of rotatable bonds is 1. The van der Waals surface area contributed by atoms with Gasteiger partial charge in [-0.05, 0) is 27.7 Å². The Labute approximate surface area is 85.7 Å². The van der Waals surface area contributed by atoms with Gasteiger partial charge in [0.05, 0.1) is 0 Å². The van der Waals surface area contributed by atoms with Gasteiger partial charge in [0.15, 0.2) is 0 Å². The average Bonchev–Trinajstić information content (AvgIpc) is 1.82. The summed E-state index contributed by atoms with van der Waals surface area (Å²) < 4.78 is 4.84.